The number of anilines is 3. The Morgan fingerprint density at radius 2 is 1.90 bits per heavy atom. The monoisotopic (exact) mass is 540 g/mol. The van der Waals surface area contributed by atoms with E-state index in [9.17, 15) is 19.5 Å². The summed E-state index contributed by atoms with van der Waals surface area (Å²) in [4.78, 5) is 43.6. The van der Waals surface area contributed by atoms with Crippen LogP contribution in [0.4, 0.5) is 22.2 Å². The summed E-state index contributed by atoms with van der Waals surface area (Å²) in [5.41, 5.74) is 2.60. The Morgan fingerprint density at radius 1 is 1.12 bits per heavy atom. The second-order valence-corrected chi connectivity index (χ2v) is 10.3. The number of hydrogen-bond acceptors (Lipinski definition) is 8. The Hall–Kier alpha value is -4.86. The molecular formula is C30H28N4O6. The lowest BCUT2D eigenvalue weighted by Gasteiger charge is -2.43. The Balaban J connectivity index is 1.33. The summed E-state index contributed by atoms with van der Waals surface area (Å²) in [5.74, 6) is -0.0865. The van der Waals surface area contributed by atoms with Crippen molar-refractivity contribution in [3.8, 4) is 0 Å². The lowest BCUT2D eigenvalue weighted by atomic mass is 9.83. The number of ether oxygens (including phenoxy) is 1. The first kappa shape index (κ1) is 25.4. The number of pyridine rings is 1. The average molecular weight is 541 g/mol. The minimum absolute atomic E-state index is 0.158. The van der Waals surface area contributed by atoms with Crippen molar-refractivity contribution < 1.29 is 23.8 Å². The lowest BCUT2D eigenvalue weighted by Crippen LogP contribution is -2.48. The van der Waals surface area contributed by atoms with Gasteiger partial charge in [0.25, 0.3) is 0 Å². The number of aromatic carboxylic acids is 1. The van der Waals surface area contributed by atoms with Gasteiger partial charge in [-0.25, -0.2) is 14.6 Å². The third-order valence-corrected chi connectivity index (χ3v) is 7.67. The quantitative estimate of drug-likeness (QED) is 0.303. The number of nitrogens with one attached hydrogen (secondary N) is 2. The molecule has 0 saturated carbocycles. The van der Waals surface area contributed by atoms with Crippen molar-refractivity contribution in [3.63, 3.8) is 0 Å². The van der Waals surface area contributed by atoms with Gasteiger partial charge in [-0.3, -0.25) is 10.1 Å². The highest BCUT2D eigenvalue weighted by Gasteiger charge is 2.45. The summed E-state index contributed by atoms with van der Waals surface area (Å²) in [7, 11) is 0. The first-order valence-electron chi connectivity index (χ1n) is 13.1. The molecule has 1 fully saturated rings. The van der Waals surface area contributed by atoms with E-state index < -0.39 is 17.7 Å². The Labute approximate surface area is 229 Å². The van der Waals surface area contributed by atoms with Crippen LogP contribution in [0, 0.1) is 6.92 Å². The number of carbonyl (C=O) groups is 2. The van der Waals surface area contributed by atoms with Crippen LogP contribution < -0.4 is 21.0 Å². The molecule has 2 aromatic carbocycles. The predicted molar refractivity (Wildman–Crippen MR) is 150 cm³/mol. The Morgan fingerprint density at radius 3 is 2.67 bits per heavy atom. The van der Waals surface area contributed by atoms with Gasteiger partial charge < -0.3 is 24.5 Å². The molecule has 1 saturated heterocycles. The number of para-hydroxylation sites is 1. The first-order valence-corrected chi connectivity index (χ1v) is 13.1. The number of carboxylic acids is 1. The molecule has 3 N–H and O–H groups in total. The molecule has 4 aromatic rings. The molecule has 2 aliphatic rings. The largest absolute Gasteiger partial charge is 0.478 e. The van der Waals surface area contributed by atoms with E-state index in [1.54, 1.807) is 36.5 Å². The van der Waals surface area contributed by atoms with Crippen LogP contribution in [0.25, 0.3) is 11.0 Å². The maximum atomic E-state index is 13.3. The van der Waals surface area contributed by atoms with Gasteiger partial charge in [0.2, 0.25) is 0 Å². The minimum atomic E-state index is -1.03. The van der Waals surface area contributed by atoms with Crippen molar-refractivity contribution in [1.82, 2.24) is 4.98 Å². The van der Waals surface area contributed by atoms with Crippen LogP contribution in [0.15, 0.2) is 70.0 Å². The number of carboxylic acid groups (broad SMARTS) is 1. The second-order valence-electron chi connectivity index (χ2n) is 10.3. The van der Waals surface area contributed by atoms with Crippen LogP contribution in [0.5, 0.6) is 0 Å². The highest BCUT2D eigenvalue weighted by atomic mass is 16.6. The molecule has 2 aliphatic heterocycles. The van der Waals surface area contributed by atoms with Crippen molar-refractivity contribution in [2.45, 2.75) is 38.3 Å². The lowest BCUT2D eigenvalue weighted by molar-refractivity contribution is -0.00887. The maximum Gasteiger partial charge on any atom is 0.413 e. The van der Waals surface area contributed by atoms with Crippen LogP contribution in [-0.2, 0) is 10.3 Å². The number of aromatic nitrogens is 1. The molecule has 40 heavy (non-hydrogen) atoms. The molecule has 204 valence electrons. The number of carbonyl (C=O) groups excluding carboxylic acids is 1. The van der Waals surface area contributed by atoms with Crippen LogP contribution in [-0.4, -0.2) is 35.2 Å². The van der Waals surface area contributed by atoms with Gasteiger partial charge in [-0.05, 0) is 49.7 Å². The van der Waals surface area contributed by atoms with Gasteiger partial charge in [-0.15, -0.1) is 0 Å². The third kappa shape index (κ3) is 4.41. The van der Waals surface area contributed by atoms with Crippen LogP contribution in [0.1, 0.15) is 52.9 Å². The number of aryl methyl sites for hydroxylation is 1. The Bertz CT molecular complexity index is 1710. The van der Waals surface area contributed by atoms with Crippen molar-refractivity contribution >= 4 is 40.4 Å². The molecule has 1 unspecified atom stereocenters. The molecule has 0 bridgehead atoms. The summed E-state index contributed by atoms with van der Waals surface area (Å²) in [6.07, 6.45) is 2.12. The predicted octanol–water partition coefficient (Wildman–Crippen LogP) is 5.43. The van der Waals surface area contributed by atoms with Crippen molar-refractivity contribution in [1.29, 1.82) is 0 Å². The highest BCUT2D eigenvalue weighted by Crippen LogP contribution is 2.43. The van der Waals surface area contributed by atoms with Gasteiger partial charge in [-0.2, -0.15) is 0 Å². The van der Waals surface area contributed by atoms with E-state index in [-0.39, 0.29) is 17.0 Å². The van der Waals surface area contributed by atoms with E-state index in [0.717, 1.165) is 16.7 Å². The summed E-state index contributed by atoms with van der Waals surface area (Å²) in [5, 5.41) is 16.0. The summed E-state index contributed by atoms with van der Waals surface area (Å²) in [6.45, 7) is 4.81. The maximum absolute atomic E-state index is 13.3. The molecule has 1 amide bonds. The standard InChI is InChI=1S/C30H28N4O6/c1-17-14-20(18(2)32-23-8-4-3-6-19(23)28(36)37)26-21(15-17)24(35)16-25(39-26)34-12-9-30(10-13-34)22-7-5-11-31-27(22)33-29(38)40-30/h3-8,11,14-16,18,32H,9-10,12-13H2,1-2H3,(H,36,37)(H,31,33,38). The molecule has 2 aromatic heterocycles. The number of benzene rings is 2. The first-order chi connectivity index (χ1) is 19.2. The van der Waals surface area contributed by atoms with E-state index >= 15 is 0 Å². The highest BCUT2D eigenvalue weighted by molar-refractivity contribution is 5.94. The van der Waals surface area contributed by atoms with Gasteiger partial charge in [0, 0.05) is 55.0 Å². The number of rotatable bonds is 5. The average Bonchev–Trinajstić information content (AvgIpc) is 2.93. The van der Waals surface area contributed by atoms with Crippen molar-refractivity contribution in [2.24, 2.45) is 0 Å². The van der Waals surface area contributed by atoms with Crippen LogP contribution in [0.3, 0.4) is 0 Å². The zero-order valence-corrected chi connectivity index (χ0v) is 22.1. The molecular weight excluding hydrogens is 512 g/mol. The zero-order chi connectivity index (χ0) is 28.0. The van der Waals surface area contributed by atoms with E-state index in [0.29, 0.717) is 54.3 Å². The SMILES string of the molecule is Cc1cc(C(C)Nc2ccccc2C(=O)O)c2oc(N3CCC4(CC3)OC(=O)Nc3ncccc34)cc(=O)c2c1. The third-order valence-electron chi connectivity index (χ3n) is 7.67. The van der Waals surface area contributed by atoms with Gasteiger partial charge in [0.05, 0.1) is 17.0 Å². The summed E-state index contributed by atoms with van der Waals surface area (Å²) >= 11 is 0. The van der Waals surface area contributed by atoms with Gasteiger partial charge >= 0.3 is 12.1 Å². The fourth-order valence-electron chi connectivity index (χ4n) is 5.69. The van der Waals surface area contributed by atoms with E-state index in [2.05, 4.69) is 15.6 Å². The van der Waals surface area contributed by atoms with E-state index in [4.69, 9.17) is 9.15 Å². The van der Waals surface area contributed by atoms with Crippen molar-refractivity contribution in [2.75, 3.05) is 28.6 Å². The van der Waals surface area contributed by atoms with Gasteiger partial charge in [0.15, 0.2) is 11.3 Å². The number of fused-ring (bicyclic) bond motifs is 3. The minimum Gasteiger partial charge on any atom is -0.478 e. The van der Waals surface area contributed by atoms with Gasteiger partial charge in [0.1, 0.15) is 17.0 Å². The summed E-state index contributed by atoms with van der Waals surface area (Å²) < 4.78 is 12.2. The molecule has 6 rings (SSSR count). The zero-order valence-electron chi connectivity index (χ0n) is 22.1. The fourth-order valence-corrected chi connectivity index (χ4v) is 5.69. The summed E-state index contributed by atoms with van der Waals surface area (Å²) in [6, 6.07) is 15.3. The topological polar surface area (TPSA) is 134 Å². The van der Waals surface area contributed by atoms with E-state index in [1.165, 1.54) is 6.07 Å². The normalized spacial score (nSPS) is 16.6. The fraction of sp³-hybridized carbons (Fsp3) is 0.267. The van der Waals surface area contributed by atoms with Gasteiger partial charge in [-0.1, -0.05) is 18.2 Å². The number of nitrogens with zero attached hydrogens (tertiary/aromatic N) is 2. The number of amides is 1. The molecule has 1 spiro atoms. The molecule has 4 heterocycles. The molecule has 1 atom stereocenters. The number of piperidine rings is 1. The number of hydrogen-bond donors (Lipinski definition) is 3. The molecule has 0 aliphatic carbocycles. The Kier molecular flexibility index (Phi) is 6.17. The molecule has 10 heteroatoms. The molecule has 0 radical (unpaired) electrons. The second kappa shape index (κ2) is 9.71. The van der Waals surface area contributed by atoms with Crippen LogP contribution >= 0.6 is 0 Å². The smallest absolute Gasteiger partial charge is 0.413 e. The van der Waals surface area contributed by atoms with E-state index in [1.807, 2.05) is 36.9 Å². The van der Waals surface area contributed by atoms with Crippen LogP contribution in [0.2, 0.25) is 0 Å². The molecule has 10 nitrogen and oxygen atoms in total. The van der Waals surface area contributed by atoms with Crippen molar-refractivity contribution in [3.05, 3.63) is 93.3 Å².